The van der Waals surface area contributed by atoms with Crippen LogP contribution < -0.4 is 5.32 Å². The van der Waals surface area contributed by atoms with Gasteiger partial charge in [-0.1, -0.05) is 62.4 Å². The zero-order valence-corrected chi connectivity index (χ0v) is 16.2. The molecule has 26 heavy (non-hydrogen) atoms. The summed E-state index contributed by atoms with van der Waals surface area (Å²) in [6.07, 6.45) is 0.761. The molecule has 0 spiro atoms. The van der Waals surface area contributed by atoms with Gasteiger partial charge in [0.15, 0.2) is 11.0 Å². The third-order valence-corrected chi connectivity index (χ3v) is 5.20. The van der Waals surface area contributed by atoms with E-state index in [-0.39, 0.29) is 17.6 Å². The van der Waals surface area contributed by atoms with Crippen molar-refractivity contribution in [3.8, 4) is 11.4 Å². The minimum absolute atomic E-state index is 0.00379. The number of rotatable bonds is 8. The Morgan fingerprint density at radius 2 is 1.96 bits per heavy atom. The minimum atomic E-state index is -0.641. The smallest absolute Gasteiger partial charge is 0.328 e. The van der Waals surface area contributed by atoms with Gasteiger partial charge >= 0.3 is 5.97 Å². The predicted molar refractivity (Wildman–Crippen MR) is 101 cm³/mol. The number of benzene rings is 1. The summed E-state index contributed by atoms with van der Waals surface area (Å²) in [5, 5.41) is 11.7. The minimum Gasteiger partial charge on any atom is -0.467 e. The molecule has 0 saturated carbocycles. The molecule has 0 fully saturated rings. The lowest BCUT2D eigenvalue weighted by Gasteiger charge is -2.21. The van der Waals surface area contributed by atoms with E-state index in [9.17, 15) is 9.59 Å². The molecule has 1 amide bonds. The molecule has 0 radical (unpaired) electrons. The van der Waals surface area contributed by atoms with Crippen molar-refractivity contribution in [2.45, 2.75) is 31.5 Å². The molecule has 2 atom stereocenters. The number of esters is 1. The van der Waals surface area contributed by atoms with Gasteiger partial charge in [0.1, 0.15) is 6.04 Å². The number of carbonyl (C=O) groups excluding carboxylic acids is 2. The third kappa shape index (κ3) is 4.85. The molecular formula is C18H24N4O3S. The van der Waals surface area contributed by atoms with Crippen molar-refractivity contribution in [2.24, 2.45) is 13.0 Å². The van der Waals surface area contributed by atoms with Gasteiger partial charge < -0.3 is 14.6 Å². The van der Waals surface area contributed by atoms with Crippen LogP contribution in [0.15, 0.2) is 35.5 Å². The summed E-state index contributed by atoms with van der Waals surface area (Å²) in [6.45, 7) is 3.87. The quantitative estimate of drug-likeness (QED) is 0.562. The Morgan fingerprint density at radius 3 is 2.58 bits per heavy atom. The lowest BCUT2D eigenvalue weighted by atomic mass is 9.99. The summed E-state index contributed by atoms with van der Waals surface area (Å²) in [4.78, 5) is 24.1. The average molecular weight is 376 g/mol. The molecule has 0 bridgehead atoms. The van der Waals surface area contributed by atoms with Gasteiger partial charge in [-0.25, -0.2) is 4.79 Å². The first-order chi connectivity index (χ1) is 12.5. The van der Waals surface area contributed by atoms with Gasteiger partial charge in [-0.2, -0.15) is 0 Å². The van der Waals surface area contributed by atoms with Crippen LogP contribution in [0.3, 0.4) is 0 Å². The first-order valence-electron chi connectivity index (χ1n) is 8.42. The summed E-state index contributed by atoms with van der Waals surface area (Å²) in [6, 6.07) is 9.08. The molecule has 0 aliphatic heterocycles. The molecule has 140 valence electrons. The van der Waals surface area contributed by atoms with E-state index in [2.05, 4.69) is 15.5 Å². The number of hydrogen-bond acceptors (Lipinski definition) is 6. The second-order valence-electron chi connectivity index (χ2n) is 5.97. The van der Waals surface area contributed by atoms with Gasteiger partial charge in [-0.3, -0.25) is 4.79 Å². The Bertz CT molecular complexity index is 748. The van der Waals surface area contributed by atoms with E-state index >= 15 is 0 Å². The van der Waals surface area contributed by atoms with Crippen molar-refractivity contribution in [1.29, 1.82) is 0 Å². The van der Waals surface area contributed by atoms with Gasteiger partial charge in [-0.15, -0.1) is 10.2 Å². The highest BCUT2D eigenvalue weighted by atomic mass is 32.2. The second-order valence-corrected chi connectivity index (χ2v) is 6.92. The van der Waals surface area contributed by atoms with Crippen LogP contribution in [0.4, 0.5) is 0 Å². The van der Waals surface area contributed by atoms with Crippen molar-refractivity contribution in [3.05, 3.63) is 30.3 Å². The van der Waals surface area contributed by atoms with E-state index in [1.807, 2.05) is 55.8 Å². The zero-order valence-electron chi connectivity index (χ0n) is 15.4. The molecule has 1 aromatic carbocycles. The van der Waals surface area contributed by atoms with Crippen molar-refractivity contribution < 1.29 is 14.3 Å². The number of ether oxygens (including phenoxy) is 1. The highest BCUT2D eigenvalue weighted by Gasteiger charge is 2.26. The Balaban J connectivity index is 1.99. The highest BCUT2D eigenvalue weighted by Crippen LogP contribution is 2.22. The number of nitrogens with one attached hydrogen (secondary N) is 1. The first kappa shape index (κ1) is 20.0. The van der Waals surface area contributed by atoms with Crippen LogP contribution in [0.5, 0.6) is 0 Å². The standard InChI is InChI=1S/C18H24N4O3S/c1-5-12(2)15(17(24)25-4)19-14(23)11-26-18-21-20-16(22(18)3)13-9-7-6-8-10-13/h6-10,12,15H,5,11H2,1-4H3,(H,19,23)/t12-,15-/m1/s1. The zero-order chi connectivity index (χ0) is 19.1. The largest absolute Gasteiger partial charge is 0.467 e. The van der Waals surface area contributed by atoms with Crippen molar-refractivity contribution in [2.75, 3.05) is 12.9 Å². The molecule has 1 heterocycles. The highest BCUT2D eigenvalue weighted by molar-refractivity contribution is 7.99. The van der Waals surface area contributed by atoms with Crippen LogP contribution in [0, 0.1) is 5.92 Å². The molecule has 7 nitrogen and oxygen atoms in total. The normalized spacial score (nSPS) is 13.1. The molecule has 0 saturated heterocycles. The molecule has 2 aromatic rings. The summed E-state index contributed by atoms with van der Waals surface area (Å²) >= 11 is 1.28. The maximum atomic E-state index is 12.3. The van der Waals surface area contributed by atoms with E-state index in [0.717, 1.165) is 17.8 Å². The topological polar surface area (TPSA) is 86.1 Å². The predicted octanol–water partition coefficient (Wildman–Crippen LogP) is 2.28. The number of hydrogen-bond donors (Lipinski definition) is 1. The summed E-state index contributed by atoms with van der Waals surface area (Å²) in [5.74, 6) is 0.208. The molecule has 0 aliphatic carbocycles. The maximum absolute atomic E-state index is 12.3. The van der Waals surface area contributed by atoms with E-state index < -0.39 is 12.0 Å². The average Bonchev–Trinajstić information content (AvgIpc) is 3.04. The molecule has 8 heteroatoms. The molecular weight excluding hydrogens is 352 g/mol. The van der Waals surface area contributed by atoms with Crippen LogP contribution >= 0.6 is 11.8 Å². The summed E-state index contributed by atoms with van der Waals surface area (Å²) in [5.41, 5.74) is 0.960. The lowest BCUT2D eigenvalue weighted by Crippen LogP contribution is -2.46. The fraction of sp³-hybridized carbons (Fsp3) is 0.444. The number of nitrogens with zero attached hydrogens (tertiary/aromatic N) is 3. The number of carbonyl (C=O) groups is 2. The van der Waals surface area contributed by atoms with Crippen LogP contribution in [0.1, 0.15) is 20.3 Å². The van der Waals surface area contributed by atoms with Crippen LogP contribution in [-0.2, 0) is 21.4 Å². The van der Waals surface area contributed by atoms with E-state index in [4.69, 9.17) is 4.74 Å². The van der Waals surface area contributed by atoms with Crippen molar-refractivity contribution in [3.63, 3.8) is 0 Å². The van der Waals surface area contributed by atoms with Crippen molar-refractivity contribution >= 4 is 23.6 Å². The van der Waals surface area contributed by atoms with Gasteiger partial charge in [0.25, 0.3) is 0 Å². The van der Waals surface area contributed by atoms with Crippen LogP contribution in [0.2, 0.25) is 0 Å². The fourth-order valence-corrected chi connectivity index (χ4v) is 3.14. The first-order valence-corrected chi connectivity index (χ1v) is 9.41. The molecule has 1 aromatic heterocycles. The Labute approximate surface area is 157 Å². The lowest BCUT2D eigenvalue weighted by molar-refractivity contribution is -0.146. The molecule has 2 rings (SSSR count). The molecule has 1 N–H and O–H groups in total. The Kier molecular flexibility index (Phi) is 7.20. The Morgan fingerprint density at radius 1 is 1.27 bits per heavy atom. The third-order valence-electron chi connectivity index (χ3n) is 4.18. The fourth-order valence-electron chi connectivity index (χ4n) is 2.42. The number of methoxy groups -OCH3 is 1. The van der Waals surface area contributed by atoms with Crippen LogP contribution in [0.25, 0.3) is 11.4 Å². The maximum Gasteiger partial charge on any atom is 0.328 e. The number of aromatic nitrogens is 3. The van der Waals surface area contributed by atoms with Gasteiger partial charge in [0.05, 0.1) is 12.9 Å². The van der Waals surface area contributed by atoms with E-state index in [0.29, 0.717) is 5.16 Å². The van der Waals surface area contributed by atoms with Gasteiger partial charge in [-0.05, 0) is 5.92 Å². The SMILES string of the molecule is CC[C@@H](C)[C@@H](NC(=O)CSc1nnc(-c2ccccc2)n1C)C(=O)OC. The Hall–Kier alpha value is -2.35. The summed E-state index contributed by atoms with van der Waals surface area (Å²) < 4.78 is 6.63. The van der Waals surface area contributed by atoms with Gasteiger partial charge in [0, 0.05) is 12.6 Å². The second kappa shape index (κ2) is 9.38. The van der Waals surface area contributed by atoms with E-state index in [1.54, 1.807) is 0 Å². The van der Waals surface area contributed by atoms with Gasteiger partial charge in [0.2, 0.25) is 5.91 Å². The van der Waals surface area contributed by atoms with Crippen LogP contribution in [-0.4, -0.2) is 45.5 Å². The monoisotopic (exact) mass is 376 g/mol. The molecule has 0 aliphatic rings. The van der Waals surface area contributed by atoms with Crippen molar-refractivity contribution in [1.82, 2.24) is 20.1 Å². The van der Waals surface area contributed by atoms with E-state index in [1.165, 1.54) is 18.9 Å². The number of thioether (sulfide) groups is 1. The molecule has 0 unspecified atom stereocenters. The number of amides is 1. The summed E-state index contributed by atoms with van der Waals surface area (Å²) in [7, 11) is 3.18.